The molecule has 3 rings (SSSR count). The maximum Gasteiger partial charge on any atom is 0.410 e. The van der Waals surface area contributed by atoms with Gasteiger partial charge < -0.3 is 36.1 Å². The Hall–Kier alpha value is -1.62. The molecule has 0 bridgehead atoms. The lowest BCUT2D eigenvalue weighted by Crippen LogP contribution is -2.67. The number of fused-ring (bicyclic) bond motifs is 1. The van der Waals surface area contributed by atoms with E-state index >= 15 is 0 Å². The third-order valence-corrected chi connectivity index (χ3v) is 7.40. The molecule has 10 nitrogen and oxygen atoms in total. The van der Waals surface area contributed by atoms with Crippen LogP contribution in [0.3, 0.4) is 0 Å². The molecule has 5 N–H and O–H groups in total. The number of hydrogen-bond donors (Lipinski definition) is 4. The van der Waals surface area contributed by atoms with Gasteiger partial charge in [-0.1, -0.05) is 0 Å². The molecule has 0 spiro atoms. The highest BCUT2D eigenvalue weighted by Crippen LogP contribution is 2.39. The summed E-state index contributed by atoms with van der Waals surface area (Å²) in [5.41, 5.74) is 6.22. The van der Waals surface area contributed by atoms with Crippen molar-refractivity contribution in [1.29, 1.82) is 0 Å². The lowest BCUT2D eigenvalue weighted by Gasteiger charge is -2.53. The van der Waals surface area contributed by atoms with Crippen molar-refractivity contribution in [2.75, 3.05) is 53.0 Å². The molecule has 0 aromatic carbocycles. The maximum atomic E-state index is 13.0. The van der Waals surface area contributed by atoms with E-state index in [-0.39, 0.29) is 36.4 Å². The van der Waals surface area contributed by atoms with Crippen molar-refractivity contribution >= 4 is 12.2 Å². The average Bonchev–Trinajstić information content (AvgIpc) is 2.81. The van der Waals surface area contributed by atoms with Crippen LogP contribution >= 0.6 is 0 Å². The van der Waals surface area contributed by atoms with E-state index in [9.17, 15) is 9.59 Å². The zero-order valence-electron chi connectivity index (χ0n) is 20.7. The third-order valence-electron chi connectivity index (χ3n) is 7.40. The number of nitrogens with zero attached hydrogens (tertiary/aromatic N) is 2. The summed E-state index contributed by atoms with van der Waals surface area (Å²) in [6.45, 7) is 11.5. The molecule has 190 valence electrons. The fraction of sp³-hybridized carbons (Fsp3) is 0.913. The number of hydrogen-bond acceptors (Lipinski definition) is 8. The van der Waals surface area contributed by atoms with Crippen molar-refractivity contribution in [3.63, 3.8) is 0 Å². The van der Waals surface area contributed by atoms with Gasteiger partial charge in [0, 0.05) is 32.8 Å². The molecular weight excluding hydrogens is 424 g/mol. The number of carbonyl (C=O) groups is 2. The van der Waals surface area contributed by atoms with E-state index in [1.165, 1.54) is 7.11 Å². The zero-order valence-corrected chi connectivity index (χ0v) is 20.7. The first-order valence-electron chi connectivity index (χ1n) is 12.5. The maximum absolute atomic E-state index is 13.0. The molecule has 1 saturated carbocycles. The highest BCUT2D eigenvalue weighted by Gasteiger charge is 2.48. The number of carbonyl (C=O) groups excluding carboxylic acids is 2. The molecule has 0 aromatic heterocycles. The molecule has 0 radical (unpaired) electrons. The van der Waals surface area contributed by atoms with Crippen molar-refractivity contribution < 1.29 is 19.1 Å². The highest BCUT2D eigenvalue weighted by atomic mass is 16.6. The number of methoxy groups -OCH3 is 1. The fourth-order valence-electron chi connectivity index (χ4n) is 5.76. The first-order valence-corrected chi connectivity index (χ1v) is 12.5. The van der Waals surface area contributed by atoms with Crippen LogP contribution in [0.25, 0.3) is 0 Å². The minimum absolute atomic E-state index is 0.0667. The summed E-state index contributed by atoms with van der Waals surface area (Å²) in [6.07, 6.45) is 1.82. The van der Waals surface area contributed by atoms with Gasteiger partial charge in [-0.25, -0.2) is 9.59 Å². The van der Waals surface area contributed by atoms with Gasteiger partial charge in [0.1, 0.15) is 0 Å². The first-order chi connectivity index (χ1) is 15.8. The molecule has 4 unspecified atom stereocenters. The van der Waals surface area contributed by atoms with Crippen LogP contribution in [0, 0.1) is 17.8 Å². The molecule has 1 aliphatic carbocycles. The van der Waals surface area contributed by atoms with Crippen molar-refractivity contribution in [2.45, 2.75) is 64.3 Å². The number of piperazine rings is 1. The number of nitrogens with two attached hydrogens (primary N) is 1. The molecule has 2 saturated heterocycles. The van der Waals surface area contributed by atoms with Crippen LogP contribution in [0.15, 0.2) is 0 Å². The van der Waals surface area contributed by atoms with Crippen LogP contribution in [0.1, 0.15) is 40.0 Å². The second-order valence-corrected chi connectivity index (χ2v) is 10.1. The van der Waals surface area contributed by atoms with Crippen molar-refractivity contribution in [3.05, 3.63) is 0 Å². The fourth-order valence-corrected chi connectivity index (χ4v) is 5.76. The lowest BCUT2D eigenvalue weighted by atomic mass is 9.73. The van der Waals surface area contributed by atoms with Gasteiger partial charge in [-0.3, -0.25) is 4.90 Å². The SMILES string of the molecule is COC(=O)N1C2CCC(C(CN)CNCC3CNCNC3)CC2N(C(=O)OC(C)C)C[C@@H]1C. The van der Waals surface area contributed by atoms with E-state index < -0.39 is 0 Å². The Kier molecular flexibility index (Phi) is 9.60. The molecule has 3 aliphatic rings. The van der Waals surface area contributed by atoms with Gasteiger partial charge in [-0.2, -0.15) is 0 Å². The van der Waals surface area contributed by atoms with Crippen molar-refractivity contribution in [3.8, 4) is 0 Å². The Balaban J connectivity index is 1.67. The van der Waals surface area contributed by atoms with Gasteiger partial charge in [0.15, 0.2) is 0 Å². The summed E-state index contributed by atoms with van der Waals surface area (Å²) in [6, 6.07) is -0.284. The number of nitrogens with one attached hydrogen (secondary N) is 3. The van der Waals surface area contributed by atoms with E-state index in [4.69, 9.17) is 15.2 Å². The Labute approximate surface area is 198 Å². The molecule has 3 fully saturated rings. The normalized spacial score (nSPS) is 29.5. The Morgan fingerprint density at radius 1 is 1.15 bits per heavy atom. The van der Waals surface area contributed by atoms with Gasteiger partial charge >= 0.3 is 12.2 Å². The van der Waals surface area contributed by atoms with Crippen LogP contribution in [-0.4, -0.2) is 99.3 Å². The summed E-state index contributed by atoms with van der Waals surface area (Å²) < 4.78 is 10.7. The summed E-state index contributed by atoms with van der Waals surface area (Å²) in [7, 11) is 1.42. The quantitative estimate of drug-likeness (QED) is 0.432. The number of amides is 2. The number of ether oxygens (including phenoxy) is 2. The predicted molar refractivity (Wildman–Crippen MR) is 127 cm³/mol. The van der Waals surface area contributed by atoms with E-state index in [0.717, 1.165) is 52.1 Å². The molecule has 10 heteroatoms. The largest absolute Gasteiger partial charge is 0.453 e. The molecule has 2 aliphatic heterocycles. The summed E-state index contributed by atoms with van der Waals surface area (Å²) in [4.78, 5) is 29.2. The second-order valence-electron chi connectivity index (χ2n) is 10.1. The molecule has 33 heavy (non-hydrogen) atoms. The molecular formula is C23H44N6O4. The van der Waals surface area contributed by atoms with E-state index in [1.807, 2.05) is 30.6 Å². The van der Waals surface area contributed by atoms with E-state index in [0.29, 0.717) is 30.8 Å². The minimum Gasteiger partial charge on any atom is -0.453 e. The van der Waals surface area contributed by atoms with Gasteiger partial charge in [-0.05, 0) is 70.9 Å². The topological polar surface area (TPSA) is 121 Å². The predicted octanol–water partition coefficient (Wildman–Crippen LogP) is 0.772. The van der Waals surface area contributed by atoms with Gasteiger partial charge in [0.25, 0.3) is 0 Å². The monoisotopic (exact) mass is 468 g/mol. The summed E-state index contributed by atoms with van der Waals surface area (Å²) >= 11 is 0. The highest BCUT2D eigenvalue weighted by molar-refractivity contribution is 5.72. The van der Waals surface area contributed by atoms with Crippen LogP contribution in [0.4, 0.5) is 9.59 Å². The van der Waals surface area contributed by atoms with E-state index in [2.05, 4.69) is 16.0 Å². The second kappa shape index (κ2) is 12.2. The summed E-state index contributed by atoms with van der Waals surface area (Å²) in [5, 5.41) is 10.4. The summed E-state index contributed by atoms with van der Waals surface area (Å²) in [5.74, 6) is 1.28. The molecule has 5 atom stereocenters. The van der Waals surface area contributed by atoms with Crippen LogP contribution in [0.2, 0.25) is 0 Å². The van der Waals surface area contributed by atoms with Gasteiger partial charge in [0.2, 0.25) is 0 Å². The van der Waals surface area contributed by atoms with Gasteiger partial charge in [-0.15, -0.1) is 0 Å². The molecule has 2 amide bonds. The van der Waals surface area contributed by atoms with Gasteiger partial charge in [0.05, 0.1) is 31.3 Å². The third kappa shape index (κ3) is 6.49. The average molecular weight is 469 g/mol. The van der Waals surface area contributed by atoms with Crippen molar-refractivity contribution in [2.24, 2.45) is 23.5 Å². The molecule has 0 aromatic rings. The van der Waals surface area contributed by atoms with E-state index in [1.54, 1.807) is 0 Å². The zero-order chi connectivity index (χ0) is 24.0. The number of rotatable bonds is 7. The Bertz CT molecular complexity index is 644. The van der Waals surface area contributed by atoms with Crippen LogP contribution in [0.5, 0.6) is 0 Å². The van der Waals surface area contributed by atoms with Crippen LogP contribution < -0.4 is 21.7 Å². The Morgan fingerprint density at radius 2 is 1.88 bits per heavy atom. The first kappa shape index (κ1) is 26.0. The van der Waals surface area contributed by atoms with Crippen LogP contribution in [-0.2, 0) is 9.47 Å². The Morgan fingerprint density at radius 3 is 2.52 bits per heavy atom. The smallest absolute Gasteiger partial charge is 0.410 e. The van der Waals surface area contributed by atoms with Crippen molar-refractivity contribution in [1.82, 2.24) is 25.8 Å². The molecule has 2 heterocycles. The minimum atomic E-state index is -0.320. The standard InChI is InChI=1S/C23H44N6O4/c1-15(2)33-22(30)28-13-16(3)29(23(31)32-4)20-6-5-18(7-21(20)28)19(8-24)12-25-9-17-10-26-14-27-11-17/h15-21,25-27H,5-14,24H2,1-4H3/t16-,18?,19?,20?,21?/m0/s1. The lowest BCUT2D eigenvalue weighted by molar-refractivity contribution is -0.0448.